The lowest BCUT2D eigenvalue weighted by molar-refractivity contribution is -0.182. The van der Waals surface area contributed by atoms with Gasteiger partial charge in [0.1, 0.15) is 0 Å². The fourth-order valence-corrected chi connectivity index (χ4v) is 4.19. The summed E-state index contributed by atoms with van der Waals surface area (Å²) in [5.74, 6) is -4.48. The molecule has 2 atom stereocenters. The maximum Gasteiger partial charge on any atom is 0.340 e. The highest BCUT2D eigenvalue weighted by Crippen LogP contribution is 2.49. The molecule has 2 N–H and O–H groups in total. The normalized spacial score (nSPS) is 25.7. The molecule has 0 amide bonds. The summed E-state index contributed by atoms with van der Waals surface area (Å²) in [5, 5.41) is 13.4. The molecule has 0 aromatic heterocycles. The quantitative estimate of drug-likeness (QED) is 0.804. The molecule has 0 radical (unpaired) electrons. The molecule has 1 saturated carbocycles. The van der Waals surface area contributed by atoms with Crippen molar-refractivity contribution in [2.24, 2.45) is 11.8 Å². The molecule has 3 rings (SSSR count). The average molecular weight is 367 g/mol. The Morgan fingerprint density at radius 1 is 1.27 bits per heavy atom. The SMILES string of the molecule is Cc1ccc([C@@](OCC2CCNCC2)(C(=O)O)[C@@H]2CCC(F)(F)C2)cc1. The Bertz CT molecular complexity index is 628. The third kappa shape index (κ3) is 3.91. The van der Waals surface area contributed by atoms with Crippen LogP contribution in [0.5, 0.6) is 0 Å². The fraction of sp³-hybridized carbons (Fsp3) is 0.650. The monoisotopic (exact) mass is 367 g/mol. The minimum atomic E-state index is -2.83. The molecule has 26 heavy (non-hydrogen) atoms. The number of carboxylic acids is 1. The molecule has 1 aromatic carbocycles. The van der Waals surface area contributed by atoms with E-state index in [0.29, 0.717) is 5.56 Å². The zero-order valence-electron chi connectivity index (χ0n) is 15.1. The van der Waals surface area contributed by atoms with E-state index in [1.54, 1.807) is 12.1 Å². The number of rotatable bonds is 6. The lowest BCUT2D eigenvalue weighted by Crippen LogP contribution is -2.46. The van der Waals surface area contributed by atoms with E-state index >= 15 is 0 Å². The van der Waals surface area contributed by atoms with Gasteiger partial charge in [-0.2, -0.15) is 0 Å². The predicted molar refractivity (Wildman–Crippen MR) is 94.3 cm³/mol. The number of halogens is 2. The van der Waals surface area contributed by atoms with Gasteiger partial charge >= 0.3 is 5.97 Å². The van der Waals surface area contributed by atoms with Crippen LogP contribution in [0.4, 0.5) is 8.78 Å². The van der Waals surface area contributed by atoms with E-state index in [-0.39, 0.29) is 25.4 Å². The van der Waals surface area contributed by atoms with Crippen LogP contribution in [0.1, 0.15) is 43.2 Å². The summed E-state index contributed by atoms with van der Waals surface area (Å²) in [7, 11) is 0. The van der Waals surface area contributed by atoms with Crippen molar-refractivity contribution in [2.75, 3.05) is 19.7 Å². The second-order valence-electron chi connectivity index (χ2n) is 7.71. The van der Waals surface area contributed by atoms with Gasteiger partial charge in [0.05, 0.1) is 6.61 Å². The van der Waals surface area contributed by atoms with Crippen molar-refractivity contribution in [3.63, 3.8) is 0 Å². The Balaban J connectivity index is 1.92. The van der Waals surface area contributed by atoms with Gasteiger partial charge in [-0.1, -0.05) is 29.8 Å². The van der Waals surface area contributed by atoms with E-state index in [1.165, 1.54) is 0 Å². The van der Waals surface area contributed by atoms with Gasteiger partial charge in [0.25, 0.3) is 0 Å². The number of ether oxygens (including phenoxy) is 1. The first-order valence-electron chi connectivity index (χ1n) is 9.36. The van der Waals surface area contributed by atoms with Crippen LogP contribution in [0, 0.1) is 18.8 Å². The van der Waals surface area contributed by atoms with Crippen molar-refractivity contribution in [3.8, 4) is 0 Å². The first-order chi connectivity index (χ1) is 12.3. The van der Waals surface area contributed by atoms with Crippen LogP contribution >= 0.6 is 0 Å². The van der Waals surface area contributed by atoms with Gasteiger partial charge in [0.15, 0.2) is 5.60 Å². The molecule has 4 nitrogen and oxygen atoms in total. The molecule has 0 spiro atoms. The van der Waals surface area contributed by atoms with Crippen LogP contribution in [-0.4, -0.2) is 36.7 Å². The highest BCUT2D eigenvalue weighted by atomic mass is 19.3. The van der Waals surface area contributed by atoms with Gasteiger partial charge in [-0.3, -0.25) is 0 Å². The van der Waals surface area contributed by atoms with Crippen molar-refractivity contribution < 1.29 is 23.4 Å². The van der Waals surface area contributed by atoms with Crippen LogP contribution in [-0.2, 0) is 15.1 Å². The molecule has 1 saturated heterocycles. The Labute approximate surface area is 152 Å². The summed E-state index contributed by atoms with van der Waals surface area (Å²) in [6, 6.07) is 7.05. The summed E-state index contributed by atoms with van der Waals surface area (Å²) >= 11 is 0. The van der Waals surface area contributed by atoms with E-state index in [2.05, 4.69) is 5.32 Å². The van der Waals surface area contributed by atoms with Crippen molar-refractivity contribution >= 4 is 5.97 Å². The van der Waals surface area contributed by atoms with E-state index in [1.807, 2.05) is 19.1 Å². The number of benzene rings is 1. The van der Waals surface area contributed by atoms with Crippen LogP contribution in [0.25, 0.3) is 0 Å². The van der Waals surface area contributed by atoms with Crippen LogP contribution in [0.2, 0.25) is 0 Å². The minimum Gasteiger partial charge on any atom is -0.479 e. The Morgan fingerprint density at radius 3 is 2.46 bits per heavy atom. The molecule has 1 aliphatic heterocycles. The third-order valence-corrected chi connectivity index (χ3v) is 5.78. The molecule has 0 unspecified atom stereocenters. The van der Waals surface area contributed by atoms with Gasteiger partial charge < -0.3 is 15.2 Å². The maximum atomic E-state index is 13.9. The van der Waals surface area contributed by atoms with Gasteiger partial charge in [0, 0.05) is 18.8 Å². The fourth-order valence-electron chi connectivity index (χ4n) is 4.19. The predicted octanol–water partition coefficient (Wildman–Crippen LogP) is 3.73. The average Bonchev–Trinajstić information content (AvgIpc) is 2.98. The maximum absolute atomic E-state index is 13.9. The lowest BCUT2D eigenvalue weighted by atomic mass is 9.79. The molecule has 144 valence electrons. The van der Waals surface area contributed by atoms with Crippen LogP contribution in [0.15, 0.2) is 24.3 Å². The number of piperidine rings is 1. The van der Waals surface area contributed by atoms with Crippen molar-refractivity contribution in [2.45, 2.75) is 50.6 Å². The summed E-state index contributed by atoms with van der Waals surface area (Å²) < 4.78 is 33.9. The molecule has 2 fully saturated rings. The van der Waals surface area contributed by atoms with Gasteiger partial charge in [0.2, 0.25) is 5.92 Å². The lowest BCUT2D eigenvalue weighted by Gasteiger charge is -2.37. The first kappa shape index (κ1) is 19.2. The summed E-state index contributed by atoms with van der Waals surface area (Å²) in [6.45, 7) is 3.94. The van der Waals surface area contributed by atoms with E-state index in [9.17, 15) is 18.7 Å². The number of carboxylic acid groups (broad SMARTS) is 1. The first-order valence-corrected chi connectivity index (χ1v) is 9.36. The van der Waals surface area contributed by atoms with Crippen molar-refractivity contribution in [1.82, 2.24) is 5.32 Å². The Morgan fingerprint density at radius 2 is 1.92 bits per heavy atom. The second kappa shape index (κ2) is 7.61. The van der Waals surface area contributed by atoms with Gasteiger partial charge in [-0.25, -0.2) is 13.6 Å². The number of aryl methyl sites for hydroxylation is 1. The van der Waals surface area contributed by atoms with Gasteiger partial charge in [-0.05, 0) is 50.8 Å². The summed E-state index contributed by atoms with van der Waals surface area (Å²) in [6.07, 6.45) is 1.24. The van der Waals surface area contributed by atoms with E-state index in [0.717, 1.165) is 31.5 Å². The topological polar surface area (TPSA) is 58.6 Å². The van der Waals surface area contributed by atoms with E-state index in [4.69, 9.17) is 4.74 Å². The highest BCUT2D eigenvalue weighted by Gasteiger charge is 2.55. The number of nitrogens with one attached hydrogen (secondary N) is 1. The molecular weight excluding hydrogens is 340 g/mol. The second-order valence-corrected chi connectivity index (χ2v) is 7.71. The third-order valence-electron chi connectivity index (χ3n) is 5.78. The molecule has 0 bridgehead atoms. The molecule has 6 heteroatoms. The highest BCUT2D eigenvalue weighted by molar-refractivity contribution is 5.80. The Hall–Kier alpha value is -1.53. The number of hydrogen-bond donors (Lipinski definition) is 2. The zero-order chi connectivity index (χ0) is 18.8. The standard InChI is InChI=1S/C20H27F2NO3/c1-14-2-4-16(5-3-14)20(18(24)25,17-6-9-19(21,22)12-17)26-13-15-7-10-23-11-8-15/h2-5,15,17,23H,6-13H2,1H3,(H,24,25)/t17-,20+/m1/s1. The molecule has 1 aromatic rings. The number of aliphatic carboxylic acids is 1. The zero-order valence-corrected chi connectivity index (χ0v) is 15.1. The van der Waals surface area contributed by atoms with Crippen molar-refractivity contribution in [1.29, 1.82) is 0 Å². The molecular formula is C20H27F2NO3. The molecule has 2 aliphatic rings. The van der Waals surface area contributed by atoms with Gasteiger partial charge in [-0.15, -0.1) is 0 Å². The smallest absolute Gasteiger partial charge is 0.340 e. The van der Waals surface area contributed by atoms with Crippen LogP contribution in [0.3, 0.4) is 0 Å². The number of carbonyl (C=O) groups is 1. The number of alkyl halides is 2. The molecule has 1 aliphatic carbocycles. The molecule has 1 heterocycles. The van der Waals surface area contributed by atoms with Crippen molar-refractivity contribution in [3.05, 3.63) is 35.4 Å². The minimum absolute atomic E-state index is 0.152. The largest absolute Gasteiger partial charge is 0.479 e. The van der Waals surface area contributed by atoms with E-state index < -0.39 is 29.8 Å². The summed E-state index contributed by atoms with van der Waals surface area (Å²) in [5.41, 5.74) is -0.256. The summed E-state index contributed by atoms with van der Waals surface area (Å²) in [4.78, 5) is 12.4. The van der Waals surface area contributed by atoms with Crippen LogP contribution < -0.4 is 5.32 Å². The number of hydrogen-bond acceptors (Lipinski definition) is 3. The Kier molecular flexibility index (Phi) is 5.63.